The lowest BCUT2D eigenvalue weighted by molar-refractivity contribution is 0.129. The normalized spacial score (nSPS) is 10.4. The lowest BCUT2D eigenvalue weighted by Gasteiger charge is -2.05. The summed E-state index contributed by atoms with van der Waals surface area (Å²) in [6.45, 7) is 13.1. The third-order valence-corrected chi connectivity index (χ3v) is 3.31. The highest BCUT2D eigenvalue weighted by Crippen LogP contribution is 2.12. The number of hydrogen-bond acceptors (Lipinski definition) is 2. The maximum absolute atomic E-state index is 5.48. The summed E-state index contributed by atoms with van der Waals surface area (Å²) in [7, 11) is 0. The summed E-state index contributed by atoms with van der Waals surface area (Å²) in [6, 6.07) is 0. The van der Waals surface area contributed by atoms with Crippen LogP contribution in [0.1, 0.15) is 78.1 Å². The second kappa shape index (κ2) is 21.0. The van der Waals surface area contributed by atoms with E-state index in [9.17, 15) is 0 Å². The van der Waals surface area contributed by atoms with Crippen molar-refractivity contribution in [3.8, 4) is 0 Å². The van der Waals surface area contributed by atoms with Gasteiger partial charge < -0.3 is 10.5 Å². The fourth-order valence-corrected chi connectivity index (χ4v) is 2.10. The van der Waals surface area contributed by atoms with Crippen molar-refractivity contribution in [1.82, 2.24) is 0 Å². The zero-order valence-electron chi connectivity index (χ0n) is 14.2. The molecule has 20 heavy (non-hydrogen) atoms. The molecule has 2 heteroatoms. The van der Waals surface area contributed by atoms with Crippen molar-refractivity contribution in [3.05, 3.63) is 13.2 Å². The second-order valence-electron chi connectivity index (χ2n) is 5.77. The van der Waals surface area contributed by atoms with Crippen LogP contribution in [-0.2, 0) is 4.74 Å². The van der Waals surface area contributed by atoms with Crippen molar-refractivity contribution in [2.45, 2.75) is 78.1 Å². The predicted octanol–water partition coefficient (Wildman–Crippen LogP) is 5.32. The van der Waals surface area contributed by atoms with Crippen LogP contribution in [0.25, 0.3) is 0 Å². The summed E-state index contributed by atoms with van der Waals surface area (Å²) in [6.07, 6.45) is 13.4. The summed E-state index contributed by atoms with van der Waals surface area (Å²) in [5.74, 6) is 0.879. The number of ether oxygens (including phenoxy) is 1. The molecule has 0 unspecified atom stereocenters. The summed E-state index contributed by atoms with van der Waals surface area (Å²) in [5.41, 5.74) is 5.40. The molecule has 0 aliphatic heterocycles. The van der Waals surface area contributed by atoms with E-state index in [0.29, 0.717) is 0 Å². The highest BCUT2D eigenvalue weighted by molar-refractivity contribution is 4.49. The van der Waals surface area contributed by atoms with Gasteiger partial charge in [-0.05, 0) is 25.3 Å². The quantitative estimate of drug-likeness (QED) is 0.346. The monoisotopic (exact) mass is 285 g/mol. The Hall–Kier alpha value is -0.340. The van der Waals surface area contributed by atoms with Crippen LogP contribution in [0.5, 0.6) is 0 Å². The molecular weight excluding hydrogens is 246 g/mol. The Morgan fingerprint density at radius 2 is 1.20 bits per heavy atom. The Labute approximate surface area is 128 Å². The molecule has 0 atom stereocenters. The van der Waals surface area contributed by atoms with Gasteiger partial charge in [0, 0.05) is 13.2 Å². The van der Waals surface area contributed by atoms with Crippen LogP contribution in [-0.4, -0.2) is 19.8 Å². The Morgan fingerprint density at radius 1 is 0.750 bits per heavy atom. The van der Waals surface area contributed by atoms with Gasteiger partial charge in [-0.1, -0.05) is 65.2 Å². The standard InChI is InChI=1S/C16H35NO.C2H4/c1-16(2)12-9-7-5-3-4-6-8-10-14-18-15-11-13-17;1-2/h16H,3-15,17H2,1-2H3;1-2H2. The van der Waals surface area contributed by atoms with E-state index in [1.807, 2.05) is 0 Å². The molecule has 0 radical (unpaired) electrons. The van der Waals surface area contributed by atoms with Gasteiger partial charge in [-0.25, -0.2) is 0 Å². The summed E-state index contributed by atoms with van der Waals surface area (Å²) < 4.78 is 5.48. The van der Waals surface area contributed by atoms with Gasteiger partial charge in [0.1, 0.15) is 0 Å². The third-order valence-electron chi connectivity index (χ3n) is 3.31. The molecule has 0 saturated carbocycles. The molecule has 0 rings (SSSR count). The lowest BCUT2D eigenvalue weighted by atomic mass is 10.0. The Morgan fingerprint density at radius 3 is 1.70 bits per heavy atom. The predicted molar refractivity (Wildman–Crippen MR) is 92.1 cm³/mol. The molecule has 2 nitrogen and oxygen atoms in total. The van der Waals surface area contributed by atoms with Gasteiger partial charge in [-0.15, -0.1) is 13.2 Å². The average molecular weight is 286 g/mol. The molecule has 0 saturated heterocycles. The first-order valence-electron chi connectivity index (χ1n) is 8.55. The highest BCUT2D eigenvalue weighted by atomic mass is 16.5. The molecule has 122 valence electrons. The highest BCUT2D eigenvalue weighted by Gasteiger charge is 1.95. The molecule has 0 aromatic rings. The average Bonchev–Trinajstić information content (AvgIpc) is 2.46. The summed E-state index contributed by atoms with van der Waals surface area (Å²) in [5, 5.41) is 0. The van der Waals surface area contributed by atoms with Crippen LogP contribution in [0, 0.1) is 5.92 Å². The Kier molecular flexibility index (Phi) is 23.0. The van der Waals surface area contributed by atoms with E-state index in [1.54, 1.807) is 0 Å². The van der Waals surface area contributed by atoms with Crippen LogP contribution in [0.3, 0.4) is 0 Å². The maximum atomic E-state index is 5.48. The van der Waals surface area contributed by atoms with Crippen molar-refractivity contribution in [2.75, 3.05) is 19.8 Å². The van der Waals surface area contributed by atoms with Gasteiger partial charge in [-0.2, -0.15) is 0 Å². The molecule has 0 aromatic heterocycles. The van der Waals surface area contributed by atoms with E-state index in [-0.39, 0.29) is 0 Å². The van der Waals surface area contributed by atoms with Gasteiger partial charge in [0.05, 0.1) is 0 Å². The van der Waals surface area contributed by atoms with Crippen molar-refractivity contribution in [1.29, 1.82) is 0 Å². The molecule has 0 aliphatic carbocycles. The van der Waals surface area contributed by atoms with Gasteiger partial charge in [0.25, 0.3) is 0 Å². The van der Waals surface area contributed by atoms with Crippen molar-refractivity contribution in [3.63, 3.8) is 0 Å². The zero-order chi connectivity index (χ0) is 15.5. The van der Waals surface area contributed by atoms with Gasteiger partial charge >= 0.3 is 0 Å². The SMILES string of the molecule is C=C.CC(C)CCCCCCCCCCOCCCN. The largest absolute Gasteiger partial charge is 0.381 e. The molecule has 0 aliphatic rings. The van der Waals surface area contributed by atoms with Crippen LogP contribution in [0.15, 0.2) is 13.2 Å². The number of hydrogen-bond donors (Lipinski definition) is 1. The molecule has 0 aromatic carbocycles. The van der Waals surface area contributed by atoms with Gasteiger partial charge in [-0.3, -0.25) is 0 Å². The van der Waals surface area contributed by atoms with Gasteiger partial charge in [0.2, 0.25) is 0 Å². The van der Waals surface area contributed by atoms with E-state index in [0.717, 1.165) is 32.1 Å². The third kappa shape index (κ3) is 22.8. The smallest absolute Gasteiger partial charge is 0.0478 e. The number of rotatable bonds is 14. The van der Waals surface area contributed by atoms with E-state index < -0.39 is 0 Å². The summed E-state index contributed by atoms with van der Waals surface area (Å²) in [4.78, 5) is 0. The molecule has 2 N–H and O–H groups in total. The summed E-state index contributed by atoms with van der Waals surface area (Å²) >= 11 is 0. The minimum atomic E-state index is 0.747. The fraction of sp³-hybridized carbons (Fsp3) is 0.889. The first-order chi connectivity index (χ1) is 9.77. The van der Waals surface area contributed by atoms with Crippen LogP contribution < -0.4 is 5.73 Å². The first-order valence-corrected chi connectivity index (χ1v) is 8.55. The fourth-order valence-electron chi connectivity index (χ4n) is 2.10. The van der Waals surface area contributed by atoms with E-state index in [1.165, 1.54) is 57.8 Å². The van der Waals surface area contributed by atoms with E-state index in [4.69, 9.17) is 10.5 Å². The maximum Gasteiger partial charge on any atom is 0.0478 e. The second-order valence-corrected chi connectivity index (χ2v) is 5.77. The minimum Gasteiger partial charge on any atom is -0.381 e. The lowest BCUT2D eigenvalue weighted by Crippen LogP contribution is -2.04. The minimum absolute atomic E-state index is 0.747. The van der Waals surface area contributed by atoms with Crippen molar-refractivity contribution in [2.24, 2.45) is 11.7 Å². The molecule has 0 fully saturated rings. The molecule has 0 amide bonds. The van der Waals surface area contributed by atoms with Crippen LogP contribution >= 0.6 is 0 Å². The van der Waals surface area contributed by atoms with Gasteiger partial charge in [0.15, 0.2) is 0 Å². The molecule has 0 heterocycles. The first kappa shape index (κ1) is 21.9. The Bertz CT molecular complexity index is 159. The van der Waals surface area contributed by atoms with Crippen LogP contribution in [0.4, 0.5) is 0 Å². The topological polar surface area (TPSA) is 35.2 Å². The van der Waals surface area contributed by atoms with Crippen LogP contribution in [0.2, 0.25) is 0 Å². The number of unbranched alkanes of at least 4 members (excludes halogenated alkanes) is 7. The molecule has 0 spiro atoms. The van der Waals surface area contributed by atoms with E-state index >= 15 is 0 Å². The van der Waals surface area contributed by atoms with E-state index in [2.05, 4.69) is 27.0 Å². The van der Waals surface area contributed by atoms with Crippen molar-refractivity contribution < 1.29 is 4.74 Å². The number of nitrogens with two attached hydrogens (primary N) is 1. The Balaban J connectivity index is 0. The molecular formula is C18H39NO. The zero-order valence-corrected chi connectivity index (χ0v) is 14.2. The molecule has 0 bridgehead atoms. The van der Waals surface area contributed by atoms with Crippen molar-refractivity contribution >= 4 is 0 Å².